The van der Waals surface area contributed by atoms with Gasteiger partial charge >= 0.3 is 0 Å². The summed E-state index contributed by atoms with van der Waals surface area (Å²) in [7, 11) is 0. The molecule has 0 fully saturated rings. The van der Waals surface area contributed by atoms with Gasteiger partial charge in [-0.3, -0.25) is 0 Å². The smallest absolute Gasteiger partial charge is 0.128 e. The zero-order chi connectivity index (χ0) is 8.67. The lowest BCUT2D eigenvalue weighted by molar-refractivity contribution is 0.108. The Labute approximate surface area is 77.5 Å². The van der Waals surface area contributed by atoms with Gasteiger partial charge in [0.25, 0.3) is 0 Å². The van der Waals surface area contributed by atoms with Crippen LogP contribution >= 0.6 is 0 Å². The highest BCUT2D eigenvalue weighted by molar-refractivity contribution is 5.48. The van der Waals surface area contributed by atoms with Crippen molar-refractivity contribution in [2.45, 2.75) is 19.4 Å². The van der Waals surface area contributed by atoms with Crippen molar-refractivity contribution in [1.29, 1.82) is 0 Å². The molecule has 3 rings (SSSR count). The standard InChI is InChI=1S/C11H12O2/c1-2-9-4-6-13-11(9)10-7-12-5-3-8(1)10/h1-2H,3-7H2. The van der Waals surface area contributed by atoms with E-state index in [1.807, 2.05) is 0 Å². The molecule has 0 unspecified atom stereocenters. The van der Waals surface area contributed by atoms with Gasteiger partial charge in [0.2, 0.25) is 0 Å². The van der Waals surface area contributed by atoms with Crippen molar-refractivity contribution in [2.75, 3.05) is 13.2 Å². The average molecular weight is 176 g/mol. The van der Waals surface area contributed by atoms with E-state index in [4.69, 9.17) is 9.47 Å². The summed E-state index contributed by atoms with van der Waals surface area (Å²) in [5, 5.41) is 0. The van der Waals surface area contributed by atoms with E-state index < -0.39 is 0 Å². The SMILES string of the molecule is c1cc2c(c3c1CCOC3)OCC2. The van der Waals surface area contributed by atoms with Crippen molar-refractivity contribution in [1.82, 2.24) is 0 Å². The molecule has 0 saturated heterocycles. The number of hydrogen-bond donors (Lipinski definition) is 0. The van der Waals surface area contributed by atoms with E-state index in [-0.39, 0.29) is 0 Å². The van der Waals surface area contributed by atoms with Crippen LogP contribution in [0.4, 0.5) is 0 Å². The minimum absolute atomic E-state index is 0.735. The van der Waals surface area contributed by atoms with E-state index in [9.17, 15) is 0 Å². The van der Waals surface area contributed by atoms with E-state index in [0.717, 1.165) is 38.4 Å². The Morgan fingerprint density at radius 2 is 1.85 bits per heavy atom. The molecule has 2 aliphatic rings. The van der Waals surface area contributed by atoms with Crippen LogP contribution in [0.5, 0.6) is 5.75 Å². The summed E-state index contributed by atoms with van der Waals surface area (Å²) in [6, 6.07) is 4.43. The minimum atomic E-state index is 0.735. The Balaban J connectivity index is 2.17. The van der Waals surface area contributed by atoms with Crippen LogP contribution in [0, 0.1) is 0 Å². The quantitative estimate of drug-likeness (QED) is 0.599. The first kappa shape index (κ1) is 7.39. The van der Waals surface area contributed by atoms with Gasteiger partial charge in [-0.15, -0.1) is 0 Å². The van der Waals surface area contributed by atoms with E-state index in [0.29, 0.717) is 0 Å². The molecule has 0 amide bonds. The second-order valence-corrected chi connectivity index (χ2v) is 3.59. The second-order valence-electron chi connectivity index (χ2n) is 3.59. The summed E-state index contributed by atoms with van der Waals surface area (Å²) in [6.45, 7) is 2.43. The first-order valence-corrected chi connectivity index (χ1v) is 4.79. The Morgan fingerprint density at radius 3 is 2.85 bits per heavy atom. The fourth-order valence-electron chi connectivity index (χ4n) is 2.11. The Kier molecular flexibility index (Phi) is 1.56. The molecular weight excluding hydrogens is 164 g/mol. The maximum atomic E-state index is 5.62. The number of benzene rings is 1. The van der Waals surface area contributed by atoms with Gasteiger partial charge in [-0.1, -0.05) is 12.1 Å². The molecule has 2 aliphatic heterocycles. The van der Waals surface area contributed by atoms with E-state index >= 15 is 0 Å². The van der Waals surface area contributed by atoms with Crippen LogP contribution in [0.2, 0.25) is 0 Å². The highest BCUT2D eigenvalue weighted by Gasteiger charge is 2.21. The molecule has 0 aromatic heterocycles. The van der Waals surface area contributed by atoms with Gasteiger partial charge < -0.3 is 9.47 Å². The highest BCUT2D eigenvalue weighted by Crippen LogP contribution is 2.34. The third-order valence-corrected chi connectivity index (χ3v) is 2.82. The fraction of sp³-hybridized carbons (Fsp3) is 0.455. The summed E-state index contributed by atoms with van der Waals surface area (Å²) in [5.41, 5.74) is 4.05. The molecule has 0 radical (unpaired) electrons. The van der Waals surface area contributed by atoms with Crippen molar-refractivity contribution in [3.05, 3.63) is 28.8 Å². The van der Waals surface area contributed by atoms with Crippen molar-refractivity contribution in [2.24, 2.45) is 0 Å². The van der Waals surface area contributed by atoms with Crippen molar-refractivity contribution in [3.63, 3.8) is 0 Å². The summed E-state index contributed by atoms with van der Waals surface area (Å²) < 4.78 is 11.1. The molecule has 13 heavy (non-hydrogen) atoms. The number of fused-ring (bicyclic) bond motifs is 3. The van der Waals surface area contributed by atoms with Crippen LogP contribution in [-0.2, 0) is 24.2 Å². The summed E-state index contributed by atoms with van der Waals surface area (Å²) >= 11 is 0. The summed E-state index contributed by atoms with van der Waals surface area (Å²) in [5.74, 6) is 1.11. The zero-order valence-electron chi connectivity index (χ0n) is 7.51. The molecule has 0 N–H and O–H groups in total. The predicted molar refractivity (Wildman–Crippen MR) is 49.0 cm³/mol. The second kappa shape index (κ2) is 2.74. The lowest BCUT2D eigenvalue weighted by Gasteiger charge is -2.18. The van der Waals surface area contributed by atoms with Crippen LogP contribution in [-0.4, -0.2) is 13.2 Å². The van der Waals surface area contributed by atoms with Crippen molar-refractivity contribution < 1.29 is 9.47 Å². The third-order valence-electron chi connectivity index (χ3n) is 2.82. The molecular formula is C11H12O2. The molecule has 2 heterocycles. The molecule has 2 nitrogen and oxygen atoms in total. The molecule has 68 valence electrons. The van der Waals surface area contributed by atoms with Gasteiger partial charge in [-0.05, 0) is 17.5 Å². The molecule has 0 aliphatic carbocycles. The topological polar surface area (TPSA) is 18.5 Å². The fourth-order valence-corrected chi connectivity index (χ4v) is 2.11. The van der Waals surface area contributed by atoms with E-state index in [1.54, 1.807) is 0 Å². The lowest BCUT2D eigenvalue weighted by Crippen LogP contribution is -2.10. The van der Waals surface area contributed by atoms with Gasteiger partial charge in [0, 0.05) is 12.0 Å². The minimum Gasteiger partial charge on any atom is -0.493 e. The first-order chi connectivity index (χ1) is 6.45. The average Bonchev–Trinajstić information content (AvgIpc) is 2.65. The first-order valence-electron chi connectivity index (χ1n) is 4.79. The molecule has 0 atom stereocenters. The van der Waals surface area contributed by atoms with Gasteiger partial charge in [0.05, 0.1) is 19.8 Å². The third kappa shape index (κ3) is 1.05. The molecule has 0 spiro atoms. The van der Waals surface area contributed by atoms with Crippen LogP contribution < -0.4 is 4.74 Å². The normalized spacial score (nSPS) is 19.1. The summed E-state index contributed by atoms with van der Waals surface area (Å²) in [6.07, 6.45) is 2.09. The van der Waals surface area contributed by atoms with Gasteiger partial charge in [0.15, 0.2) is 0 Å². The molecule has 1 aromatic carbocycles. The zero-order valence-corrected chi connectivity index (χ0v) is 7.51. The van der Waals surface area contributed by atoms with Gasteiger partial charge in [-0.2, -0.15) is 0 Å². The van der Waals surface area contributed by atoms with E-state index in [1.165, 1.54) is 16.7 Å². The largest absolute Gasteiger partial charge is 0.493 e. The predicted octanol–water partition coefficient (Wildman–Crippen LogP) is 1.69. The van der Waals surface area contributed by atoms with Crippen LogP contribution in [0.3, 0.4) is 0 Å². The Morgan fingerprint density at radius 1 is 1.00 bits per heavy atom. The number of hydrogen-bond acceptors (Lipinski definition) is 2. The number of rotatable bonds is 0. The molecule has 0 bridgehead atoms. The molecule has 0 saturated carbocycles. The Bertz CT molecular complexity index is 344. The molecule has 1 aromatic rings. The van der Waals surface area contributed by atoms with E-state index in [2.05, 4.69) is 12.1 Å². The van der Waals surface area contributed by atoms with Crippen LogP contribution in [0.1, 0.15) is 16.7 Å². The highest BCUT2D eigenvalue weighted by atomic mass is 16.5. The van der Waals surface area contributed by atoms with Crippen LogP contribution in [0.15, 0.2) is 12.1 Å². The van der Waals surface area contributed by atoms with Crippen molar-refractivity contribution in [3.8, 4) is 5.75 Å². The molecule has 2 heteroatoms. The summed E-state index contributed by atoms with van der Waals surface area (Å²) in [4.78, 5) is 0. The lowest BCUT2D eigenvalue weighted by atomic mass is 9.99. The van der Waals surface area contributed by atoms with Crippen molar-refractivity contribution >= 4 is 0 Å². The Hall–Kier alpha value is -1.02. The van der Waals surface area contributed by atoms with Gasteiger partial charge in [0.1, 0.15) is 5.75 Å². The van der Waals surface area contributed by atoms with Gasteiger partial charge in [-0.25, -0.2) is 0 Å². The number of ether oxygens (including phenoxy) is 2. The maximum Gasteiger partial charge on any atom is 0.128 e. The monoisotopic (exact) mass is 176 g/mol. The maximum absolute atomic E-state index is 5.62. The van der Waals surface area contributed by atoms with Crippen LogP contribution in [0.25, 0.3) is 0 Å².